The van der Waals surface area contributed by atoms with Crippen molar-refractivity contribution in [2.75, 3.05) is 24.4 Å². The van der Waals surface area contributed by atoms with Crippen LogP contribution in [0.2, 0.25) is 0 Å². The van der Waals surface area contributed by atoms with Gasteiger partial charge >= 0.3 is 11.9 Å². The summed E-state index contributed by atoms with van der Waals surface area (Å²) < 4.78 is 10.7. The number of amides is 1. The van der Waals surface area contributed by atoms with Crippen LogP contribution in [0.25, 0.3) is 10.2 Å². The first kappa shape index (κ1) is 22.0. The van der Waals surface area contributed by atoms with Gasteiger partial charge in [0, 0.05) is 17.5 Å². The largest absolute Gasteiger partial charge is 0.465 e. The molecule has 166 valence electrons. The van der Waals surface area contributed by atoms with E-state index >= 15 is 0 Å². The molecule has 0 bridgehead atoms. The van der Waals surface area contributed by atoms with E-state index in [9.17, 15) is 14.4 Å². The number of benzene rings is 2. The van der Waals surface area contributed by atoms with Crippen LogP contribution in [0.4, 0.5) is 10.8 Å². The molecule has 1 aliphatic heterocycles. The Bertz CT molecular complexity index is 1290. The summed E-state index contributed by atoms with van der Waals surface area (Å²) in [6.45, 7) is 0. The lowest BCUT2D eigenvalue weighted by Crippen LogP contribution is -2.27. The number of carbonyl (C=O) groups excluding carboxylic acids is 3. The Hall–Kier alpha value is -4.24. The lowest BCUT2D eigenvalue weighted by atomic mass is 10.1. The Morgan fingerprint density at radius 2 is 1.67 bits per heavy atom. The molecule has 1 aromatic heterocycles. The number of carbonyl (C=O) groups is 3. The number of methoxy groups -OCH3 is 2. The van der Waals surface area contributed by atoms with Crippen LogP contribution in [-0.4, -0.2) is 37.0 Å². The molecule has 1 amide bonds. The van der Waals surface area contributed by atoms with Crippen molar-refractivity contribution < 1.29 is 23.9 Å². The number of aromatic nitrogens is 1. The number of thiazole rings is 1. The number of anilines is 2. The summed E-state index contributed by atoms with van der Waals surface area (Å²) in [4.78, 5) is 43.4. The van der Waals surface area contributed by atoms with Gasteiger partial charge in [-0.1, -0.05) is 29.5 Å². The zero-order valence-corrected chi connectivity index (χ0v) is 18.6. The van der Waals surface area contributed by atoms with Gasteiger partial charge in [0.15, 0.2) is 5.13 Å². The Morgan fingerprint density at radius 1 is 0.939 bits per heavy atom. The third-order valence-electron chi connectivity index (χ3n) is 4.81. The molecule has 0 radical (unpaired) electrons. The molecule has 0 aliphatic carbocycles. The number of hydrogen-bond donors (Lipinski definition) is 1. The van der Waals surface area contributed by atoms with Crippen molar-refractivity contribution in [2.24, 2.45) is 0 Å². The van der Waals surface area contributed by atoms with E-state index in [-0.39, 0.29) is 17.2 Å². The summed E-state index contributed by atoms with van der Waals surface area (Å²) in [6, 6.07) is 14.2. The van der Waals surface area contributed by atoms with Crippen LogP contribution in [0.5, 0.6) is 0 Å². The lowest BCUT2D eigenvalue weighted by molar-refractivity contribution is -0.139. The van der Waals surface area contributed by atoms with Crippen LogP contribution in [0.15, 0.2) is 84.2 Å². The SMILES string of the molecule is COC(=O)C1=C(C(=O)OC)N(c2ccc(C(=O)Nc3nc4ccccc4s3)cc2)C=CC=C1. The second-order valence-electron chi connectivity index (χ2n) is 6.80. The predicted octanol–water partition coefficient (Wildman–Crippen LogP) is 4.04. The predicted molar refractivity (Wildman–Crippen MR) is 126 cm³/mol. The maximum absolute atomic E-state index is 12.7. The zero-order valence-electron chi connectivity index (χ0n) is 17.8. The molecule has 3 aromatic rings. The zero-order chi connectivity index (χ0) is 23.4. The number of para-hydroxylation sites is 1. The molecule has 9 heteroatoms. The number of allylic oxidation sites excluding steroid dienone is 2. The molecule has 8 nitrogen and oxygen atoms in total. The topological polar surface area (TPSA) is 97.8 Å². The molecule has 0 atom stereocenters. The minimum Gasteiger partial charge on any atom is -0.465 e. The number of rotatable bonds is 5. The van der Waals surface area contributed by atoms with Gasteiger partial charge in [0.1, 0.15) is 5.70 Å². The number of fused-ring (bicyclic) bond motifs is 1. The first-order valence-electron chi connectivity index (χ1n) is 9.84. The van der Waals surface area contributed by atoms with Gasteiger partial charge in [-0.05, 0) is 48.6 Å². The molecule has 2 aromatic carbocycles. The average molecular weight is 461 g/mol. The van der Waals surface area contributed by atoms with E-state index in [1.807, 2.05) is 24.3 Å². The van der Waals surface area contributed by atoms with Crippen molar-refractivity contribution in [3.05, 3.63) is 89.8 Å². The van der Waals surface area contributed by atoms with Crippen molar-refractivity contribution in [3.8, 4) is 0 Å². The second kappa shape index (κ2) is 9.49. The van der Waals surface area contributed by atoms with Crippen molar-refractivity contribution in [3.63, 3.8) is 0 Å². The summed E-state index contributed by atoms with van der Waals surface area (Å²) in [6.07, 6.45) is 6.39. The van der Waals surface area contributed by atoms with Gasteiger partial charge in [-0.3, -0.25) is 10.1 Å². The molecule has 0 unspecified atom stereocenters. The highest BCUT2D eigenvalue weighted by atomic mass is 32.1. The molecule has 0 spiro atoms. The molecule has 2 heterocycles. The molecule has 0 saturated heterocycles. The van der Waals surface area contributed by atoms with E-state index in [0.717, 1.165) is 10.2 Å². The van der Waals surface area contributed by atoms with Crippen molar-refractivity contribution in [2.45, 2.75) is 0 Å². The Labute approximate surface area is 193 Å². The van der Waals surface area contributed by atoms with Crippen LogP contribution in [0.3, 0.4) is 0 Å². The van der Waals surface area contributed by atoms with Crippen LogP contribution < -0.4 is 10.2 Å². The number of nitrogens with zero attached hydrogens (tertiary/aromatic N) is 2. The fourth-order valence-electron chi connectivity index (χ4n) is 3.23. The van der Waals surface area contributed by atoms with E-state index in [1.165, 1.54) is 36.5 Å². The van der Waals surface area contributed by atoms with Crippen molar-refractivity contribution in [1.82, 2.24) is 4.98 Å². The van der Waals surface area contributed by atoms with Gasteiger partial charge in [-0.15, -0.1) is 0 Å². The van der Waals surface area contributed by atoms with E-state index in [4.69, 9.17) is 9.47 Å². The van der Waals surface area contributed by atoms with Gasteiger partial charge in [0.05, 0.1) is 30.0 Å². The summed E-state index contributed by atoms with van der Waals surface area (Å²) in [7, 11) is 2.47. The summed E-state index contributed by atoms with van der Waals surface area (Å²) in [5.41, 5.74) is 1.83. The fourth-order valence-corrected chi connectivity index (χ4v) is 4.09. The Morgan fingerprint density at radius 3 is 2.36 bits per heavy atom. The highest BCUT2D eigenvalue weighted by Gasteiger charge is 2.27. The second-order valence-corrected chi connectivity index (χ2v) is 7.83. The molecule has 1 N–H and O–H groups in total. The molecule has 4 rings (SSSR count). The van der Waals surface area contributed by atoms with Crippen molar-refractivity contribution >= 4 is 50.2 Å². The molecule has 33 heavy (non-hydrogen) atoms. The van der Waals surface area contributed by atoms with Crippen LogP contribution >= 0.6 is 11.3 Å². The van der Waals surface area contributed by atoms with Crippen LogP contribution in [0.1, 0.15) is 10.4 Å². The monoisotopic (exact) mass is 461 g/mol. The number of ether oxygens (including phenoxy) is 2. The highest BCUT2D eigenvalue weighted by molar-refractivity contribution is 7.22. The maximum Gasteiger partial charge on any atom is 0.355 e. The van der Waals surface area contributed by atoms with Gasteiger partial charge in [-0.25, -0.2) is 14.6 Å². The van der Waals surface area contributed by atoms with Crippen LogP contribution in [-0.2, 0) is 19.1 Å². The normalized spacial score (nSPS) is 13.1. The first-order chi connectivity index (χ1) is 16.0. The summed E-state index contributed by atoms with van der Waals surface area (Å²) in [5, 5.41) is 3.31. The number of esters is 2. The average Bonchev–Trinajstić information content (AvgIpc) is 3.12. The van der Waals surface area contributed by atoms with Gasteiger partial charge in [0.2, 0.25) is 0 Å². The Balaban J connectivity index is 1.61. The fraction of sp³-hybridized carbons (Fsp3) is 0.0833. The maximum atomic E-state index is 12.7. The van der Waals surface area contributed by atoms with Gasteiger partial charge in [0.25, 0.3) is 5.91 Å². The number of hydrogen-bond acceptors (Lipinski definition) is 8. The third kappa shape index (κ3) is 4.53. The standard InChI is InChI=1S/C24H19N3O5S/c1-31-22(29)17-7-5-6-14-27(20(17)23(30)32-2)16-12-10-15(11-13-16)21(28)26-24-25-18-8-3-4-9-19(18)33-24/h3-14H,1-2H3,(H,25,26,28). The quantitative estimate of drug-likeness (QED) is 0.573. The Kier molecular flexibility index (Phi) is 6.32. The molecular weight excluding hydrogens is 442 g/mol. The van der Waals surface area contributed by atoms with E-state index in [0.29, 0.717) is 16.4 Å². The lowest BCUT2D eigenvalue weighted by Gasteiger charge is -2.23. The summed E-state index contributed by atoms with van der Waals surface area (Å²) >= 11 is 1.39. The van der Waals surface area contributed by atoms with Gasteiger partial charge < -0.3 is 14.4 Å². The molecule has 0 fully saturated rings. The van der Waals surface area contributed by atoms with E-state index in [2.05, 4.69) is 10.3 Å². The van der Waals surface area contributed by atoms with Gasteiger partial charge in [-0.2, -0.15) is 0 Å². The smallest absolute Gasteiger partial charge is 0.355 e. The molecule has 1 aliphatic rings. The number of nitrogens with one attached hydrogen (secondary N) is 1. The third-order valence-corrected chi connectivity index (χ3v) is 5.76. The van der Waals surface area contributed by atoms with E-state index < -0.39 is 11.9 Å². The first-order valence-corrected chi connectivity index (χ1v) is 10.7. The highest BCUT2D eigenvalue weighted by Crippen LogP contribution is 2.28. The molecular formula is C24H19N3O5S. The van der Waals surface area contributed by atoms with E-state index in [1.54, 1.807) is 42.6 Å². The minimum atomic E-state index is -0.704. The van der Waals surface area contributed by atoms with Crippen molar-refractivity contribution in [1.29, 1.82) is 0 Å². The van der Waals surface area contributed by atoms with Crippen LogP contribution in [0, 0.1) is 0 Å². The minimum absolute atomic E-state index is 0.000951. The molecule has 0 saturated carbocycles. The summed E-state index contributed by atoms with van der Waals surface area (Å²) in [5.74, 6) is -1.69.